The summed E-state index contributed by atoms with van der Waals surface area (Å²) in [7, 11) is 0. The number of hydrogen-bond acceptors (Lipinski definition) is 3. The van der Waals surface area contributed by atoms with Gasteiger partial charge in [0.1, 0.15) is 5.82 Å². The summed E-state index contributed by atoms with van der Waals surface area (Å²) in [5.74, 6) is -0.742. The number of aliphatic hydroxyl groups is 1. The average Bonchev–Trinajstić information content (AvgIpc) is 2.46. The van der Waals surface area contributed by atoms with E-state index < -0.39 is 11.9 Å². The zero-order chi connectivity index (χ0) is 14.0. The van der Waals surface area contributed by atoms with Gasteiger partial charge in [-0.15, -0.1) is 0 Å². The van der Waals surface area contributed by atoms with Gasteiger partial charge in [0.25, 0.3) is 5.91 Å². The van der Waals surface area contributed by atoms with Crippen molar-refractivity contribution in [3.63, 3.8) is 0 Å². The van der Waals surface area contributed by atoms with Gasteiger partial charge >= 0.3 is 0 Å². The van der Waals surface area contributed by atoms with Crippen LogP contribution in [0.2, 0.25) is 0 Å². The summed E-state index contributed by atoms with van der Waals surface area (Å²) in [5.41, 5.74) is 0.110. The monoisotopic (exact) mass is 266 g/mol. The Kier molecular flexibility index (Phi) is 3.85. The van der Waals surface area contributed by atoms with Crippen LogP contribution in [0.1, 0.15) is 37.0 Å². The molecule has 1 amide bonds. The molecule has 4 nitrogen and oxygen atoms in total. The molecule has 2 heterocycles. The number of pyridine rings is 1. The maximum Gasteiger partial charge on any atom is 0.255 e. The van der Waals surface area contributed by atoms with Gasteiger partial charge < -0.3 is 10.0 Å². The first-order valence-corrected chi connectivity index (χ1v) is 6.45. The third-order valence-electron chi connectivity index (χ3n) is 3.38. The number of aromatic nitrogens is 1. The molecular formula is C14H19FN2O2. The molecule has 1 N–H and O–H groups in total. The zero-order valence-corrected chi connectivity index (χ0v) is 11.3. The third-order valence-corrected chi connectivity index (χ3v) is 3.38. The Bertz CT molecular complexity index is 476. The molecule has 1 aliphatic rings. The number of carbonyl (C=O) groups is 1. The minimum absolute atomic E-state index is 0.146. The van der Waals surface area contributed by atoms with E-state index in [9.17, 15) is 14.3 Å². The van der Waals surface area contributed by atoms with E-state index in [1.807, 2.05) is 13.8 Å². The maximum absolute atomic E-state index is 13.1. The molecule has 1 aliphatic heterocycles. The summed E-state index contributed by atoms with van der Waals surface area (Å²) >= 11 is 0. The fourth-order valence-electron chi connectivity index (χ4n) is 2.59. The predicted octanol–water partition coefficient (Wildman–Crippen LogP) is 1.84. The van der Waals surface area contributed by atoms with Crippen LogP contribution in [0.3, 0.4) is 0 Å². The Morgan fingerprint density at radius 1 is 1.53 bits per heavy atom. The van der Waals surface area contributed by atoms with Crippen molar-refractivity contribution in [2.24, 2.45) is 5.41 Å². The number of likely N-dealkylation sites (tertiary alicyclic amines) is 1. The number of rotatable bonds is 1. The Morgan fingerprint density at radius 2 is 2.26 bits per heavy atom. The van der Waals surface area contributed by atoms with Gasteiger partial charge in [-0.05, 0) is 24.3 Å². The van der Waals surface area contributed by atoms with E-state index in [0.717, 1.165) is 6.20 Å². The van der Waals surface area contributed by atoms with Gasteiger partial charge in [-0.1, -0.05) is 13.8 Å². The fourth-order valence-corrected chi connectivity index (χ4v) is 2.59. The van der Waals surface area contributed by atoms with E-state index in [4.69, 9.17) is 0 Å². The molecule has 2 rings (SSSR count). The smallest absolute Gasteiger partial charge is 0.255 e. The summed E-state index contributed by atoms with van der Waals surface area (Å²) in [6.45, 7) is 5.08. The maximum atomic E-state index is 13.1. The molecule has 1 fully saturated rings. The highest BCUT2D eigenvalue weighted by molar-refractivity contribution is 5.93. The normalized spacial score (nSPS) is 22.9. The highest BCUT2D eigenvalue weighted by atomic mass is 19.1. The quantitative estimate of drug-likeness (QED) is 0.844. The SMILES string of the molecule is CC1(C)C[C@@H](O)CCN(C(=O)c2cncc(F)c2)C1. The molecule has 1 aromatic heterocycles. The van der Waals surface area contributed by atoms with Crippen LogP contribution in [0.15, 0.2) is 18.5 Å². The Balaban J connectivity index is 2.18. The molecule has 0 aromatic carbocycles. The molecule has 5 heteroatoms. The molecule has 1 aromatic rings. The Hall–Kier alpha value is -1.49. The summed E-state index contributed by atoms with van der Waals surface area (Å²) in [6.07, 6.45) is 3.28. The van der Waals surface area contributed by atoms with Gasteiger partial charge in [-0.2, -0.15) is 0 Å². The summed E-state index contributed by atoms with van der Waals surface area (Å²) in [4.78, 5) is 17.7. The van der Waals surface area contributed by atoms with Crippen LogP contribution >= 0.6 is 0 Å². The summed E-state index contributed by atoms with van der Waals surface area (Å²) < 4.78 is 13.1. The highest BCUT2D eigenvalue weighted by Crippen LogP contribution is 2.29. The van der Waals surface area contributed by atoms with Crippen LogP contribution in [0, 0.1) is 11.2 Å². The van der Waals surface area contributed by atoms with E-state index in [-0.39, 0.29) is 16.9 Å². The molecule has 1 atom stereocenters. The third kappa shape index (κ3) is 3.50. The van der Waals surface area contributed by atoms with E-state index in [1.54, 1.807) is 4.90 Å². The average molecular weight is 266 g/mol. The van der Waals surface area contributed by atoms with Gasteiger partial charge in [-0.25, -0.2) is 4.39 Å². The standard InChI is InChI=1S/C14H19FN2O2/c1-14(2)6-12(18)3-4-17(9-14)13(19)10-5-11(15)8-16-7-10/h5,7-8,12,18H,3-4,6,9H2,1-2H3/t12-/m0/s1. The van der Waals surface area contributed by atoms with Crippen LogP contribution in [0.25, 0.3) is 0 Å². The second kappa shape index (κ2) is 5.25. The first kappa shape index (κ1) is 13.9. The number of aliphatic hydroxyl groups excluding tert-OH is 1. The number of carbonyl (C=O) groups excluding carboxylic acids is 1. The first-order chi connectivity index (χ1) is 8.87. The van der Waals surface area contributed by atoms with Crippen LogP contribution in [0.4, 0.5) is 4.39 Å². The lowest BCUT2D eigenvalue weighted by molar-refractivity contribution is 0.0704. The Labute approximate surface area is 112 Å². The van der Waals surface area contributed by atoms with Crippen molar-refractivity contribution in [3.05, 3.63) is 29.8 Å². The van der Waals surface area contributed by atoms with Crippen molar-refractivity contribution in [2.45, 2.75) is 32.8 Å². The van der Waals surface area contributed by atoms with Gasteiger partial charge in [0.15, 0.2) is 0 Å². The molecule has 0 radical (unpaired) electrons. The molecule has 0 aliphatic carbocycles. The molecule has 1 saturated heterocycles. The van der Waals surface area contributed by atoms with Gasteiger partial charge in [-0.3, -0.25) is 9.78 Å². The largest absolute Gasteiger partial charge is 0.393 e. The second-order valence-corrected chi connectivity index (χ2v) is 5.93. The van der Waals surface area contributed by atoms with Crippen molar-refractivity contribution < 1.29 is 14.3 Å². The second-order valence-electron chi connectivity index (χ2n) is 5.93. The molecule has 104 valence electrons. The van der Waals surface area contributed by atoms with Crippen LogP contribution in [-0.2, 0) is 0 Å². The van der Waals surface area contributed by atoms with E-state index in [1.165, 1.54) is 12.3 Å². The van der Waals surface area contributed by atoms with Crippen molar-refractivity contribution in [1.29, 1.82) is 0 Å². The predicted molar refractivity (Wildman–Crippen MR) is 69.1 cm³/mol. The molecule has 19 heavy (non-hydrogen) atoms. The molecule has 0 bridgehead atoms. The van der Waals surface area contributed by atoms with Crippen molar-refractivity contribution in [1.82, 2.24) is 9.88 Å². The van der Waals surface area contributed by atoms with Crippen molar-refractivity contribution >= 4 is 5.91 Å². The minimum Gasteiger partial charge on any atom is -0.393 e. The minimum atomic E-state index is -0.514. The topological polar surface area (TPSA) is 53.4 Å². The fraction of sp³-hybridized carbons (Fsp3) is 0.571. The summed E-state index contributed by atoms with van der Waals surface area (Å²) in [5, 5.41) is 9.83. The van der Waals surface area contributed by atoms with Gasteiger partial charge in [0.2, 0.25) is 0 Å². The molecule has 0 spiro atoms. The van der Waals surface area contributed by atoms with Crippen LogP contribution in [-0.4, -0.2) is 40.1 Å². The van der Waals surface area contributed by atoms with Crippen molar-refractivity contribution in [2.75, 3.05) is 13.1 Å². The lowest BCUT2D eigenvalue weighted by Crippen LogP contribution is -2.37. The number of nitrogens with zero attached hydrogens (tertiary/aromatic N) is 2. The summed E-state index contributed by atoms with van der Waals surface area (Å²) in [6, 6.07) is 1.20. The number of hydrogen-bond donors (Lipinski definition) is 1. The van der Waals surface area contributed by atoms with Gasteiger partial charge in [0, 0.05) is 19.3 Å². The van der Waals surface area contributed by atoms with E-state index >= 15 is 0 Å². The number of halogens is 1. The Morgan fingerprint density at radius 3 is 2.95 bits per heavy atom. The highest BCUT2D eigenvalue weighted by Gasteiger charge is 2.31. The van der Waals surface area contributed by atoms with E-state index in [0.29, 0.717) is 25.9 Å². The lowest BCUT2D eigenvalue weighted by Gasteiger charge is -2.29. The zero-order valence-electron chi connectivity index (χ0n) is 11.3. The van der Waals surface area contributed by atoms with Crippen molar-refractivity contribution in [3.8, 4) is 0 Å². The van der Waals surface area contributed by atoms with E-state index in [2.05, 4.69) is 4.98 Å². The lowest BCUT2D eigenvalue weighted by atomic mass is 9.87. The first-order valence-electron chi connectivity index (χ1n) is 6.45. The molecule has 0 unspecified atom stereocenters. The van der Waals surface area contributed by atoms with Crippen LogP contribution in [0.5, 0.6) is 0 Å². The molecule has 0 saturated carbocycles. The van der Waals surface area contributed by atoms with Gasteiger partial charge in [0.05, 0.1) is 17.9 Å². The number of amides is 1. The van der Waals surface area contributed by atoms with Crippen LogP contribution < -0.4 is 0 Å². The molecular weight excluding hydrogens is 247 g/mol.